The number of aryl methyl sites for hydroxylation is 1. The monoisotopic (exact) mass is 135 g/mol. The number of nitrogen functional groups attached to an aromatic ring is 1. The lowest BCUT2D eigenvalue weighted by Gasteiger charge is -1.95. The van der Waals surface area contributed by atoms with Crippen molar-refractivity contribution in [3.8, 4) is 0 Å². The molecule has 10 heavy (non-hydrogen) atoms. The van der Waals surface area contributed by atoms with Gasteiger partial charge in [-0.3, -0.25) is 10.4 Å². The van der Waals surface area contributed by atoms with Crippen LogP contribution in [0.3, 0.4) is 0 Å². The molecule has 52 valence electrons. The van der Waals surface area contributed by atoms with E-state index < -0.39 is 0 Å². The number of hydrogen-bond donors (Lipinski definition) is 2. The van der Waals surface area contributed by atoms with Crippen LogP contribution in [-0.2, 0) is 0 Å². The molecule has 0 saturated heterocycles. The summed E-state index contributed by atoms with van der Waals surface area (Å²) >= 11 is 0. The SMILES string of the molecule is Cc1ccc(C(=N)N)cn1. The number of pyridine rings is 1. The van der Waals surface area contributed by atoms with Gasteiger partial charge in [-0.1, -0.05) is 0 Å². The molecule has 0 aliphatic carbocycles. The third-order valence-corrected chi connectivity index (χ3v) is 1.22. The lowest BCUT2D eigenvalue weighted by Crippen LogP contribution is -2.11. The fourth-order valence-corrected chi connectivity index (χ4v) is 0.627. The first-order chi connectivity index (χ1) is 4.70. The molecule has 1 aromatic rings. The Morgan fingerprint density at radius 3 is 2.70 bits per heavy atom. The Bertz CT molecular complexity index is 238. The summed E-state index contributed by atoms with van der Waals surface area (Å²) in [6.45, 7) is 1.89. The van der Waals surface area contributed by atoms with E-state index in [4.69, 9.17) is 11.1 Å². The topological polar surface area (TPSA) is 62.8 Å². The molecule has 0 spiro atoms. The third-order valence-electron chi connectivity index (χ3n) is 1.22. The zero-order chi connectivity index (χ0) is 7.56. The van der Waals surface area contributed by atoms with Gasteiger partial charge in [0.15, 0.2) is 0 Å². The summed E-state index contributed by atoms with van der Waals surface area (Å²) in [6, 6.07) is 3.61. The van der Waals surface area contributed by atoms with Gasteiger partial charge in [0.05, 0.1) is 0 Å². The maximum absolute atomic E-state index is 7.04. The normalized spacial score (nSPS) is 9.30. The Balaban J connectivity index is 3.00. The van der Waals surface area contributed by atoms with E-state index in [1.54, 1.807) is 12.3 Å². The molecule has 3 heteroatoms. The standard InChI is InChI=1S/C7H9N3/c1-5-2-3-6(4-10-5)7(8)9/h2-4H,1H3,(H3,8,9). The number of amidine groups is 1. The molecule has 0 unspecified atom stereocenters. The van der Waals surface area contributed by atoms with Crippen LogP contribution in [0.2, 0.25) is 0 Å². The van der Waals surface area contributed by atoms with Gasteiger partial charge < -0.3 is 5.73 Å². The Labute approximate surface area is 59.4 Å². The molecule has 0 fully saturated rings. The summed E-state index contributed by atoms with van der Waals surface area (Å²) in [4.78, 5) is 3.98. The Hall–Kier alpha value is -1.38. The van der Waals surface area contributed by atoms with Crippen LogP contribution < -0.4 is 5.73 Å². The van der Waals surface area contributed by atoms with Crippen LogP contribution in [-0.4, -0.2) is 10.8 Å². The molecule has 3 N–H and O–H groups in total. The minimum absolute atomic E-state index is 0.0625. The van der Waals surface area contributed by atoms with Crippen LogP contribution in [0.4, 0.5) is 0 Å². The van der Waals surface area contributed by atoms with Crippen molar-refractivity contribution in [1.82, 2.24) is 4.98 Å². The summed E-state index contributed by atoms with van der Waals surface area (Å²) in [5.41, 5.74) is 6.81. The molecule has 0 saturated carbocycles. The molecule has 0 bridgehead atoms. The van der Waals surface area contributed by atoms with Crippen molar-refractivity contribution in [2.75, 3.05) is 0 Å². The average Bonchev–Trinajstić information content (AvgIpc) is 1.88. The maximum Gasteiger partial charge on any atom is 0.124 e. The van der Waals surface area contributed by atoms with Crippen molar-refractivity contribution in [1.29, 1.82) is 5.41 Å². The van der Waals surface area contributed by atoms with E-state index in [0.29, 0.717) is 5.56 Å². The van der Waals surface area contributed by atoms with Gasteiger partial charge in [0.1, 0.15) is 5.84 Å². The first kappa shape index (κ1) is 6.74. The number of nitrogens with zero attached hydrogens (tertiary/aromatic N) is 1. The zero-order valence-electron chi connectivity index (χ0n) is 5.76. The van der Waals surface area contributed by atoms with Gasteiger partial charge >= 0.3 is 0 Å². The van der Waals surface area contributed by atoms with Crippen LogP contribution >= 0.6 is 0 Å². The molecular formula is C7H9N3. The number of nitrogens with two attached hydrogens (primary N) is 1. The quantitative estimate of drug-likeness (QED) is 0.439. The molecule has 0 radical (unpaired) electrons. The van der Waals surface area contributed by atoms with Gasteiger partial charge in [0.25, 0.3) is 0 Å². The summed E-state index contributed by atoms with van der Waals surface area (Å²) in [5.74, 6) is 0.0625. The van der Waals surface area contributed by atoms with Crippen LogP contribution in [0.5, 0.6) is 0 Å². The van der Waals surface area contributed by atoms with Crippen molar-refractivity contribution in [3.05, 3.63) is 29.6 Å². The highest BCUT2D eigenvalue weighted by atomic mass is 14.7. The highest BCUT2D eigenvalue weighted by Gasteiger charge is 1.93. The van der Waals surface area contributed by atoms with Gasteiger partial charge in [-0.15, -0.1) is 0 Å². The third kappa shape index (κ3) is 1.31. The smallest absolute Gasteiger partial charge is 0.124 e. The molecule has 1 rings (SSSR count). The average molecular weight is 135 g/mol. The van der Waals surface area contributed by atoms with Crippen LogP contribution in [0, 0.1) is 12.3 Å². The van der Waals surface area contributed by atoms with E-state index in [0.717, 1.165) is 5.69 Å². The predicted octanol–water partition coefficient (Wildman–Crippen LogP) is 0.674. The van der Waals surface area contributed by atoms with Crippen molar-refractivity contribution in [2.45, 2.75) is 6.92 Å². The molecule has 3 nitrogen and oxygen atoms in total. The second kappa shape index (κ2) is 2.47. The molecule has 0 aliphatic heterocycles. The van der Waals surface area contributed by atoms with Gasteiger partial charge in [-0.2, -0.15) is 0 Å². The van der Waals surface area contributed by atoms with Gasteiger partial charge in [-0.05, 0) is 19.1 Å². The van der Waals surface area contributed by atoms with E-state index in [9.17, 15) is 0 Å². The second-order valence-corrected chi connectivity index (χ2v) is 2.10. The highest BCUT2D eigenvalue weighted by molar-refractivity contribution is 5.94. The van der Waals surface area contributed by atoms with E-state index in [1.165, 1.54) is 0 Å². The van der Waals surface area contributed by atoms with E-state index in [2.05, 4.69) is 4.98 Å². The minimum atomic E-state index is 0.0625. The minimum Gasteiger partial charge on any atom is -0.384 e. The Kier molecular flexibility index (Phi) is 1.67. The largest absolute Gasteiger partial charge is 0.384 e. The summed E-state index contributed by atoms with van der Waals surface area (Å²) in [6.07, 6.45) is 1.59. The fourth-order valence-electron chi connectivity index (χ4n) is 0.627. The predicted molar refractivity (Wildman–Crippen MR) is 40.0 cm³/mol. The number of hydrogen-bond acceptors (Lipinski definition) is 2. The van der Waals surface area contributed by atoms with Crippen molar-refractivity contribution < 1.29 is 0 Å². The van der Waals surface area contributed by atoms with Crippen LogP contribution in [0.1, 0.15) is 11.3 Å². The van der Waals surface area contributed by atoms with Crippen molar-refractivity contribution in [3.63, 3.8) is 0 Å². The molecule has 1 aromatic heterocycles. The zero-order valence-corrected chi connectivity index (χ0v) is 5.76. The van der Waals surface area contributed by atoms with Crippen molar-refractivity contribution >= 4 is 5.84 Å². The molecule has 1 heterocycles. The highest BCUT2D eigenvalue weighted by Crippen LogP contribution is 1.96. The fraction of sp³-hybridized carbons (Fsp3) is 0.143. The van der Waals surface area contributed by atoms with E-state index in [-0.39, 0.29) is 5.84 Å². The first-order valence-electron chi connectivity index (χ1n) is 2.97. The molecular weight excluding hydrogens is 126 g/mol. The first-order valence-corrected chi connectivity index (χ1v) is 2.97. The Morgan fingerprint density at radius 2 is 2.30 bits per heavy atom. The van der Waals surface area contributed by atoms with Gasteiger partial charge in [0.2, 0.25) is 0 Å². The summed E-state index contributed by atoms with van der Waals surface area (Å²) in [7, 11) is 0. The lowest BCUT2D eigenvalue weighted by molar-refractivity contribution is 1.19. The lowest BCUT2D eigenvalue weighted by atomic mass is 10.2. The molecule has 0 aromatic carbocycles. The Morgan fingerprint density at radius 1 is 1.60 bits per heavy atom. The van der Waals surface area contributed by atoms with Crippen LogP contribution in [0.15, 0.2) is 18.3 Å². The van der Waals surface area contributed by atoms with Crippen molar-refractivity contribution in [2.24, 2.45) is 5.73 Å². The second-order valence-electron chi connectivity index (χ2n) is 2.10. The number of nitrogens with one attached hydrogen (secondary N) is 1. The summed E-state index contributed by atoms with van der Waals surface area (Å²) < 4.78 is 0. The van der Waals surface area contributed by atoms with E-state index >= 15 is 0 Å². The van der Waals surface area contributed by atoms with Gasteiger partial charge in [-0.25, -0.2) is 0 Å². The van der Waals surface area contributed by atoms with Crippen LogP contribution in [0.25, 0.3) is 0 Å². The summed E-state index contributed by atoms with van der Waals surface area (Å²) in [5, 5.41) is 7.04. The van der Waals surface area contributed by atoms with E-state index in [1.807, 2.05) is 13.0 Å². The molecule has 0 amide bonds. The molecule has 0 atom stereocenters. The molecule has 0 aliphatic rings. The number of aromatic nitrogens is 1. The maximum atomic E-state index is 7.04. The number of rotatable bonds is 1. The van der Waals surface area contributed by atoms with Gasteiger partial charge in [0, 0.05) is 17.5 Å².